The molecule has 0 aliphatic carbocycles. The van der Waals surface area contributed by atoms with Crippen molar-refractivity contribution in [3.8, 4) is 0 Å². The van der Waals surface area contributed by atoms with Crippen molar-refractivity contribution in [1.82, 2.24) is 0 Å². The third-order valence-corrected chi connectivity index (χ3v) is 2.61. The summed E-state index contributed by atoms with van der Waals surface area (Å²) in [4.78, 5) is 2.42. The van der Waals surface area contributed by atoms with Crippen molar-refractivity contribution in [2.24, 2.45) is 5.92 Å². The van der Waals surface area contributed by atoms with Gasteiger partial charge in [-0.25, -0.2) is 0 Å². The van der Waals surface area contributed by atoms with Gasteiger partial charge in [-0.05, 0) is 17.4 Å². The molecule has 2 heterocycles. The van der Waals surface area contributed by atoms with E-state index in [0.29, 0.717) is 0 Å². The summed E-state index contributed by atoms with van der Waals surface area (Å²) in [6.07, 6.45) is 0. The van der Waals surface area contributed by atoms with Crippen LogP contribution in [-0.2, 0) is 0 Å². The van der Waals surface area contributed by atoms with Crippen molar-refractivity contribution in [1.29, 1.82) is 0 Å². The first-order valence-corrected chi connectivity index (χ1v) is 4.57. The molecule has 0 radical (unpaired) electrons. The average Bonchev–Trinajstić information content (AvgIpc) is 2.31. The number of hydrogen-bond acceptors (Lipinski definition) is 2. The molecule has 0 bridgehead atoms. The fourth-order valence-electron chi connectivity index (χ4n) is 1.35. The summed E-state index contributed by atoms with van der Waals surface area (Å²) in [6.45, 7) is 4.79. The number of anilines is 1. The lowest BCUT2D eigenvalue weighted by Crippen LogP contribution is -2.44. The van der Waals surface area contributed by atoms with Crippen LogP contribution in [0.25, 0.3) is 0 Å². The lowest BCUT2D eigenvalue weighted by Gasteiger charge is -2.38. The molecule has 1 aromatic rings. The molecule has 1 aliphatic heterocycles. The summed E-state index contributed by atoms with van der Waals surface area (Å²) in [5, 5.41) is 4.35. The molecule has 1 nitrogen and oxygen atoms in total. The van der Waals surface area contributed by atoms with Gasteiger partial charge in [0.25, 0.3) is 0 Å². The average molecular weight is 153 g/mol. The Kier molecular flexibility index (Phi) is 1.42. The van der Waals surface area contributed by atoms with E-state index in [1.807, 2.05) is 0 Å². The number of thiophene rings is 1. The van der Waals surface area contributed by atoms with Crippen LogP contribution < -0.4 is 4.90 Å². The predicted octanol–water partition coefficient (Wildman–Crippen LogP) is 2.20. The van der Waals surface area contributed by atoms with Gasteiger partial charge >= 0.3 is 0 Å². The molecule has 0 unspecified atom stereocenters. The molecule has 1 saturated heterocycles. The summed E-state index contributed by atoms with van der Waals surface area (Å²) in [5.41, 5.74) is 1.41. The Morgan fingerprint density at radius 2 is 2.40 bits per heavy atom. The molecule has 1 aromatic heterocycles. The maximum absolute atomic E-state index is 2.42. The molecule has 0 aromatic carbocycles. The summed E-state index contributed by atoms with van der Waals surface area (Å²) in [7, 11) is 0. The second kappa shape index (κ2) is 2.27. The van der Waals surface area contributed by atoms with Crippen LogP contribution in [-0.4, -0.2) is 13.1 Å². The van der Waals surface area contributed by atoms with E-state index >= 15 is 0 Å². The van der Waals surface area contributed by atoms with Crippen molar-refractivity contribution in [3.63, 3.8) is 0 Å². The Balaban J connectivity index is 2.04. The zero-order chi connectivity index (χ0) is 6.97. The first-order chi connectivity index (χ1) is 4.86. The van der Waals surface area contributed by atoms with Crippen LogP contribution in [0.15, 0.2) is 16.8 Å². The summed E-state index contributed by atoms with van der Waals surface area (Å²) in [5.74, 6) is 0.903. The standard InChI is InChI=1S/C8H11NS/c1-7-4-9(5-7)8-2-3-10-6-8/h2-3,6-7H,4-5H2,1H3. The zero-order valence-electron chi connectivity index (χ0n) is 6.08. The maximum atomic E-state index is 2.42. The molecule has 10 heavy (non-hydrogen) atoms. The predicted molar refractivity (Wildman–Crippen MR) is 45.7 cm³/mol. The van der Waals surface area contributed by atoms with Crippen molar-refractivity contribution in [2.45, 2.75) is 6.92 Å². The molecule has 0 saturated carbocycles. The van der Waals surface area contributed by atoms with Gasteiger partial charge in [-0.2, -0.15) is 11.3 Å². The Bertz CT molecular complexity index is 199. The molecular formula is C8H11NS. The SMILES string of the molecule is CC1CN(c2ccsc2)C1. The summed E-state index contributed by atoms with van der Waals surface area (Å²) >= 11 is 1.78. The first-order valence-electron chi connectivity index (χ1n) is 3.63. The lowest BCUT2D eigenvalue weighted by atomic mass is 10.0. The fraction of sp³-hybridized carbons (Fsp3) is 0.500. The van der Waals surface area contributed by atoms with Crippen LogP contribution in [0.1, 0.15) is 6.92 Å². The Labute approximate surface area is 65.3 Å². The molecule has 0 atom stereocenters. The molecule has 2 rings (SSSR count). The van der Waals surface area contributed by atoms with Gasteiger partial charge < -0.3 is 4.90 Å². The highest BCUT2D eigenvalue weighted by Crippen LogP contribution is 2.25. The normalized spacial score (nSPS) is 19.1. The first kappa shape index (κ1) is 6.23. The van der Waals surface area contributed by atoms with Crippen LogP contribution in [0, 0.1) is 5.92 Å². The third kappa shape index (κ3) is 0.926. The summed E-state index contributed by atoms with van der Waals surface area (Å²) < 4.78 is 0. The van der Waals surface area contributed by atoms with Crippen molar-refractivity contribution >= 4 is 17.0 Å². The number of rotatable bonds is 1. The molecule has 0 spiro atoms. The van der Waals surface area contributed by atoms with Crippen LogP contribution >= 0.6 is 11.3 Å². The van der Waals surface area contributed by atoms with Crippen LogP contribution in [0.2, 0.25) is 0 Å². The van der Waals surface area contributed by atoms with Gasteiger partial charge in [-0.15, -0.1) is 0 Å². The Morgan fingerprint density at radius 3 is 2.90 bits per heavy atom. The molecule has 1 aliphatic rings. The van der Waals surface area contributed by atoms with Gasteiger partial charge in [0, 0.05) is 24.2 Å². The second-order valence-electron chi connectivity index (χ2n) is 2.99. The van der Waals surface area contributed by atoms with Crippen molar-refractivity contribution < 1.29 is 0 Å². The minimum Gasteiger partial charge on any atom is -0.370 e. The quantitative estimate of drug-likeness (QED) is 0.598. The van der Waals surface area contributed by atoms with E-state index in [9.17, 15) is 0 Å². The Hall–Kier alpha value is -0.500. The minimum absolute atomic E-state index is 0.903. The van der Waals surface area contributed by atoms with Gasteiger partial charge in [-0.3, -0.25) is 0 Å². The van der Waals surface area contributed by atoms with Gasteiger partial charge in [0.1, 0.15) is 0 Å². The van der Waals surface area contributed by atoms with E-state index in [1.54, 1.807) is 11.3 Å². The van der Waals surface area contributed by atoms with E-state index in [0.717, 1.165) is 5.92 Å². The second-order valence-corrected chi connectivity index (χ2v) is 3.77. The minimum atomic E-state index is 0.903. The molecule has 0 amide bonds. The maximum Gasteiger partial charge on any atom is 0.0475 e. The van der Waals surface area contributed by atoms with Crippen LogP contribution in [0.3, 0.4) is 0 Å². The van der Waals surface area contributed by atoms with Gasteiger partial charge in [0.05, 0.1) is 0 Å². The largest absolute Gasteiger partial charge is 0.370 e. The van der Waals surface area contributed by atoms with Crippen molar-refractivity contribution in [3.05, 3.63) is 16.8 Å². The number of nitrogens with zero attached hydrogens (tertiary/aromatic N) is 1. The highest BCUT2D eigenvalue weighted by atomic mass is 32.1. The third-order valence-electron chi connectivity index (χ3n) is 1.94. The zero-order valence-corrected chi connectivity index (χ0v) is 6.90. The van der Waals surface area contributed by atoms with Crippen molar-refractivity contribution in [2.75, 3.05) is 18.0 Å². The topological polar surface area (TPSA) is 3.24 Å². The molecule has 0 N–H and O–H groups in total. The van der Waals surface area contributed by atoms with Crippen LogP contribution in [0.5, 0.6) is 0 Å². The highest BCUT2D eigenvalue weighted by Gasteiger charge is 2.22. The van der Waals surface area contributed by atoms with Gasteiger partial charge in [0.15, 0.2) is 0 Å². The monoisotopic (exact) mass is 153 g/mol. The Morgan fingerprint density at radius 1 is 1.60 bits per heavy atom. The van der Waals surface area contributed by atoms with E-state index in [4.69, 9.17) is 0 Å². The molecule has 2 heteroatoms. The van der Waals surface area contributed by atoms with E-state index in [-0.39, 0.29) is 0 Å². The van der Waals surface area contributed by atoms with Gasteiger partial charge in [-0.1, -0.05) is 6.92 Å². The molecule has 54 valence electrons. The summed E-state index contributed by atoms with van der Waals surface area (Å²) in [6, 6.07) is 2.19. The fourth-order valence-corrected chi connectivity index (χ4v) is 2.01. The van der Waals surface area contributed by atoms with E-state index < -0.39 is 0 Å². The molecule has 1 fully saturated rings. The van der Waals surface area contributed by atoms with Crippen LogP contribution in [0.4, 0.5) is 5.69 Å². The number of hydrogen-bond donors (Lipinski definition) is 0. The lowest BCUT2D eigenvalue weighted by molar-refractivity contribution is 0.448. The highest BCUT2D eigenvalue weighted by molar-refractivity contribution is 7.08. The van der Waals surface area contributed by atoms with Gasteiger partial charge in [0.2, 0.25) is 0 Å². The smallest absolute Gasteiger partial charge is 0.0475 e. The molecular weight excluding hydrogens is 142 g/mol. The van der Waals surface area contributed by atoms with E-state index in [2.05, 4.69) is 28.7 Å². The van der Waals surface area contributed by atoms with E-state index in [1.165, 1.54) is 18.8 Å².